The van der Waals surface area contributed by atoms with E-state index in [1.54, 1.807) is 11.7 Å². The molecule has 0 unspecified atom stereocenters. The average Bonchev–Trinajstić information content (AvgIpc) is 3.30. The van der Waals surface area contributed by atoms with Gasteiger partial charge in [-0.2, -0.15) is 5.10 Å². The van der Waals surface area contributed by atoms with Crippen LogP contribution in [0.25, 0.3) is 22.6 Å². The molecule has 0 fully saturated rings. The molecule has 0 aliphatic rings. The molecule has 0 bridgehead atoms. The summed E-state index contributed by atoms with van der Waals surface area (Å²) in [7, 11) is 1.65. The third-order valence-corrected chi connectivity index (χ3v) is 4.81. The van der Waals surface area contributed by atoms with Crippen LogP contribution in [0.5, 0.6) is 0 Å². The Kier molecular flexibility index (Phi) is 5.00. The van der Waals surface area contributed by atoms with Crippen molar-refractivity contribution >= 4 is 17.4 Å². The number of amides is 1. The Morgan fingerprint density at radius 1 is 1.13 bits per heavy atom. The van der Waals surface area contributed by atoms with Crippen LogP contribution < -0.4 is 4.90 Å². The van der Waals surface area contributed by atoms with E-state index in [-0.39, 0.29) is 0 Å². The summed E-state index contributed by atoms with van der Waals surface area (Å²) in [6, 6.07) is 11.7. The summed E-state index contributed by atoms with van der Waals surface area (Å²) in [4.78, 5) is 18.6. The van der Waals surface area contributed by atoms with Crippen LogP contribution in [0.2, 0.25) is 0 Å². The second kappa shape index (κ2) is 7.54. The van der Waals surface area contributed by atoms with Crippen molar-refractivity contribution in [2.75, 3.05) is 11.9 Å². The Hall–Kier alpha value is -3.68. The van der Waals surface area contributed by atoms with E-state index >= 15 is 0 Å². The van der Waals surface area contributed by atoms with E-state index in [9.17, 15) is 4.79 Å². The van der Waals surface area contributed by atoms with Gasteiger partial charge >= 0.3 is 6.09 Å². The number of hydrogen-bond acceptors (Lipinski definition) is 5. The molecule has 0 aliphatic carbocycles. The van der Waals surface area contributed by atoms with Crippen LogP contribution in [0.15, 0.2) is 48.8 Å². The lowest BCUT2D eigenvalue weighted by Gasteiger charge is -2.23. The lowest BCUT2D eigenvalue weighted by molar-refractivity contribution is 0.0588. The van der Waals surface area contributed by atoms with E-state index < -0.39 is 11.7 Å². The second-order valence-corrected chi connectivity index (χ2v) is 8.55. The fraction of sp³-hybridized carbons (Fsp3) is 0.304. The van der Waals surface area contributed by atoms with Crippen LogP contribution in [0.3, 0.4) is 0 Å². The zero-order chi connectivity index (χ0) is 22.3. The molecule has 0 saturated heterocycles. The third-order valence-electron chi connectivity index (χ3n) is 4.81. The Labute approximate surface area is 181 Å². The van der Waals surface area contributed by atoms with Gasteiger partial charge in [0.1, 0.15) is 5.60 Å². The number of aryl methyl sites for hydroxylation is 2. The monoisotopic (exact) mass is 418 g/mol. The van der Waals surface area contributed by atoms with Crippen molar-refractivity contribution in [3.8, 4) is 17.1 Å². The van der Waals surface area contributed by atoms with Gasteiger partial charge in [0.2, 0.25) is 0 Å². The number of ether oxygens (including phenoxy) is 1. The maximum Gasteiger partial charge on any atom is 0.415 e. The van der Waals surface area contributed by atoms with Crippen LogP contribution in [-0.4, -0.2) is 43.1 Å². The largest absolute Gasteiger partial charge is 0.443 e. The van der Waals surface area contributed by atoms with Crippen molar-refractivity contribution in [3.63, 3.8) is 0 Å². The number of nitrogens with zero attached hydrogens (tertiary/aromatic N) is 6. The molecule has 0 radical (unpaired) electrons. The molecule has 4 rings (SSSR count). The molecule has 0 aliphatic heterocycles. The second-order valence-electron chi connectivity index (χ2n) is 8.55. The first-order valence-corrected chi connectivity index (χ1v) is 10.1. The number of carbonyl (C=O) groups excluding carboxylic acids is 1. The molecule has 0 spiro atoms. The minimum Gasteiger partial charge on any atom is -0.443 e. The smallest absolute Gasteiger partial charge is 0.415 e. The Balaban J connectivity index is 1.84. The summed E-state index contributed by atoms with van der Waals surface area (Å²) in [5.74, 6) is 1.14. The lowest BCUT2D eigenvalue weighted by atomic mass is 10.1. The van der Waals surface area contributed by atoms with Gasteiger partial charge < -0.3 is 4.74 Å². The van der Waals surface area contributed by atoms with E-state index in [0.717, 1.165) is 28.0 Å². The molecule has 160 valence electrons. The fourth-order valence-corrected chi connectivity index (χ4v) is 3.25. The normalized spacial score (nSPS) is 11.7. The molecular weight excluding hydrogens is 392 g/mol. The molecular formula is C23H26N6O2. The van der Waals surface area contributed by atoms with Crippen molar-refractivity contribution in [2.45, 2.75) is 40.2 Å². The maximum atomic E-state index is 12.6. The molecule has 0 saturated carbocycles. The van der Waals surface area contributed by atoms with E-state index in [1.165, 1.54) is 4.90 Å². The highest BCUT2D eigenvalue weighted by molar-refractivity contribution is 5.87. The lowest BCUT2D eigenvalue weighted by Crippen LogP contribution is -2.34. The zero-order valence-corrected chi connectivity index (χ0v) is 18.6. The van der Waals surface area contributed by atoms with Crippen LogP contribution in [0.1, 0.15) is 32.0 Å². The van der Waals surface area contributed by atoms with Gasteiger partial charge in [0.25, 0.3) is 0 Å². The molecule has 8 heteroatoms. The third kappa shape index (κ3) is 4.14. The Morgan fingerprint density at radius 3 is 2.61 bits per heavy atom. The molecule has 8 nitrogen and oxygen atoms in total. The molecule has 0 N–H and O–H groups in total. The summed E-state index contributed by atoms with van der Waals surface area (Å²) in [5.41, 5.74) is 4.11. The number of rotatable bonds is 3. The standard InChI is InChI=1S/C23H26N6O2/c1-15-14-24-28-11-10-17(12-18(15)28)19-13-21(27(6)22(30)31-23(3,4)5)26-29(19)20-9-7-8-16(2)25-20/h7-14H,1-6H3. The summed E-state index contributed by atoms with van der Waals surface area (Å²) in [5, 5.41) is 9.04. The fourth-order valence-electron chi connectivity index (χ4n) is 3.25. The number of aromatic nitrogens is 5. The van der Waals surface area contributed by atoms with Crippen molar-refractivity contribution in [1.82, 2.24) is 24.4 Å². The van der Waals surface area contributed by atoms with Crippen LogP contribution in [0.4, 0.5) is 10.6 Å². The summed E-state index contributed by atoms with van der Waals surface area (Å²) < 4.78 is 9.09. The quantitative estimate of drug-likeness (QED) is 0.487. The molecule has 31 heavy (non-hydrogen) atoms. The number of fused-ring (bicyclic) bond motifs is 1. The first-order chi connectivity index (χ1) is 14.6. The molecule has 0 aromatic carbocycles. The van der Waals surface area contributed by atoms with Gasteiger partial charge in [0, 0.05) is 30.6 Å². The van der Waals surface area contributed by atoms with E-state index in [2.05, 4.69) is 16.1 Å². The van der Waals surface area contributed by atoms with E-state index in [0.29, 0.717) is 11.6 Å². The van der Waals surface area contributed by atoms with Crippen LogP contribution >= 0.6 is 0 Å². The first kappa shape index (κ1) is 20.6. The highest BCUT2D eigenvalue weighted by Gasteiger charge is 2.24. The predicted molar refractivity (Wildman–Crippen MR) is 120 cm³/mol. The summed E-state index contributed by atoms with van der Waals surface area (Å²) in [6.45, 7) is 9.46. The number of carbonyl (C=O) groups is 1. The highest BCUT2D eigenvalue weighted by atomic mass is 16.6. The predicted octanol–water partition coefficient (Wildman–Crippen LogP) is 4.57. The van der Waals surface area contributed by atoms with Crippen molar-refractivity contribution < 1.29 is 9.53 Å². The van der Waals surface area contributed by atoms with Gasteiger partial charge in [-0.25, -0.2) is 19.0 Å². The van der Waals surface area contributed by atoms with Gasteiger partial charge in [-0.15, -0.1) is 5.10 Å². The molecule has 4 heterocycles. The van der Waals surface area contributed by atoms with Gasteiger partial charge in [-0.1, -0.05) is 6.07 Å². The SMILES string of the molecule is Cc1cccc(-n2nc(N(C)C(=O)OC(C)(C)C)cc2-c2ccn3ncc(C)c3c2)n1. The molecule has 1 amide bonds. The maximum absolute atomic E-state index is 12.6. The Morgan fingerprint density at radius 2 is 1.90 bits per heavy atom. The molecule has 0 atom stereocenters. The topological polar surface area (TPSA) is 77.5 Å². The molecule has 4 aromatic rings. The zero-order valence-electron chi connectivity index (χ0n) is 18.6. The number of pyridine rings is 2. The van der Waals surface area contributed by atoms with Gasteiger partial charge in [0.15, 0.2) is 11.6 Å². The van der Waals surface area contributed by atoms with Crippen LogP contribution in [0, 0.1) is 13.8 Å². The Bertz CT molecular complexity index is 1260. The van der Waals surface area contributed by atoms with Gasteiger partial charge in [0.05, 0.1) is 17.4 Å². The van der Waals surface area contributed by atoms with Gasteiger partial charge in [-0.3, -0.25) is 4.90 Å². The highest BCUT2D eigenvalue weighted by Crippen LogP contribution is 2.29. The number of anilines is 1. The van der Waals surface area contributed by atoms with Crippen LogP contribution in [-0.2, 0) is 4.74 Å². The van der Waals surface area contributed by atoms with E-state index in [4.69, 9.17) is 9.84 Å². The summed E-state index contributed by atoms with van der Waals surface area (Å²) in [6.07, 6.45) is 3.28. The van der Waals surface area contributed by atoms with Crippen molar-refractivity contribution in [3.05, 3.63) is 60.0 Å². The van der Waals surface area contributed by atoms with Gasteiger partial charge in [-0.05, 0) is 64.4 Å². The van der Waals surface area contributed by atoms with Crippen molar-refractivity contribution in [1.29, 1.82) is 0 Å². The first-order valence-electron chi connectivity index (χ1n) is 10.1. The number of hydrogen-bond donors (Lipinski definition) is 0. The minimum atomic E-state index is -0.598. The van der Waals surface area contributed by atoms with Crippen molar-refractivity contribution in [2.24, 2.45) is 0 Å². The molecule has 4 aromatic heterocycles. The van der Waals surface area contributed by atoms with E-state index in [1.807, 2.05) is 81.9 Å². The minimum absolute atomic E-state index is 0.469. The summed E-state index contributed by atoms with van der Waals surface area (Å²) >= 11 is 0. The average molecular weight is 419 g/mol.